The molecule has 1 aromatic carbocycles. The van der Waals surface area contributed by atoms with Crippen molar-refractivity contribution in [2.75, 3.05) is 5.32 Å². The fourth-order valence-electron chi connectivity index (χ4n) is 3.97. The zero-order chi connectivity index (χ0) is 24.1. The van der Waals surface area contributed by atoms with Crippen molar-refractivity contribution < 1.29 is 18.0 Å². The summed E-state index contributed by atoms with van der Waals surface area (Å²) in [5.74, 6) is -0.690. The molecule has 4 rings (SSSR count). The molecule has 0 saturated heterocycles. The maximum atomic E-state index is 13.9. The number of hydrogen-bond acceptors (Lipinski definition) is 4. The van der Waals surface area contributed by atoms with Gasteiger partial charge in [0.25, 0.3) is 5.91 Å². The number of carbonyl (C=O) groups is 1. The van der Waals surface area contributed by atoms with Crippen molar-refractivity contribution in [3.63, 3.8) is 0 Å². The first-order valence-corrected chi connectivity index (χ1v) is 11.3. The molecule has 0 saturated carbocycles. The average Bonchev–Trinajstić information content (AvgIpc) is 3.21. The van der Waals surface area contributed by atoms with Crippen molar-refractivity contribution in [2.24, 2.45) is 7.05 Å². The second-order valence-electron chi connectivity index (χ2n) is 7.95. The first-order valence-electron chi connectivity index (χ1n) is 10.1. The zero-order valence-corrected chi connectivity index (χ0v) is 20.3. The number of fused-ring (bicyclic) bond motifs is 1. The smallest absolute Gasteiger partial charge is 0.362 e. The number of benzene rings is 1. The van der Waals surface area contributed by atoms with Crippen LogP contribution in [0.2, 0.25) is 5.02 Å². The molecule has 12 heteroatoms. The van der Waals surface area contributed by atoms with Crippen molar-refractivity contribution in [1.82, 2.24) is 24.9 Å². The molecule has 0 radical (unpaired) electrons. The van der Waals surface area contributed by atoms with Gasteiger partial charge in [-0.15, -0.1) is 0 Å². The van der Waals surface area contributed by atoms with Crippen LogP contribution in [0.5, 0.6) is 0 Å². The Labute approximate surface area is 201 Å². The minimum Gasteiger partial charge on any atom is -0.362 e. The number of anilines is 1. The molecule has 2 aromatic heterocycles. The van der Waals surface area contributed by atoms with E-state index in [2.05, 4.69) is 36.8 Å². The molecule has 1 aliphatic rings. The van der Waals surface area contributed by atoms with E-state index in [1.807, 2.05) is 13.8 Å². The lowest BCUT2D eigenvalue weighted by Gasteiger charge is -2.33. The van der Waals surface area contributed by atoms with Crippen LogP contribution in [-0.4, -0.2) is 31.6 Å². The molecule has 2 unspecified atom stereocenters. The summed E-state index contributed by atoms with van der Waals surface area (Å²) in [7, 11) is 1.79. The summed E-state index contributed by atoms with van der Waals surface area (Å²) in [6.07, 6.45) is -4.86. The maximum absolute atomic E-state index is 13.9. The SMILES string of the molecule is Cc1nn(C)c(C)c1CNC(=O)c1nn2c(c1Cl)NC(c1ccc(Br)cc1)CC2C(F)(F)F. The van der Waals surface area contributed by atoms with Crippen LogP contribution in [0, 0.1) is 13.8 Å². The molecule has 2 N–H and O–H groups in total. The van der Waals surface area contributed by atoms with Gasteiger partial charge in [-0.2, -0.15) is 23.4 Å². The van der Waals surface area contributed by atoms with Crippen LogP contribution in [0.1, 0.15) is 51.5 Å². The Balaban J connectivity index is 1.64. The quantitative estimate of drug-likeness (QED) is 0.470. The van der Waals surface area contributed by atoms with Gasteiger partial charge in [0.2, 0.25) is 0 Å². The van der Waals surface area contributed by atoms with E-state index in [9.17, 15) is 18.0 Å². The second-order valence-corrected chi connectivity index (χ2v) is 9.25. The Morgan fingerprint density at radius 1 is 1.27 bits per heavy atom. The lowest BCUT2D eigenvalue weighted by Crippen LogP contribution is -2.35. The molecule has 33 heavy (non-hydrogen) atoms. The van der Waals surface area contributed by atoms with Gasteiger partial charge in [0.15, 0.2) is 11.7 Å². The highest BCUT2D eigenvalue weighted by Crippen LogP contribution is 2.46. The lowest BCUT2D eigenvalue weighted by atomic mass is 9.97. The van der Waals surface area contributed by atoms with E-state index in [4.69, 9.17) is 11.6 Å². The predicted octanol–water partition coefficient (Wildman–Crippen LogP) is 5.24. The molecule has 7 nitrogen and oxygen atoms in total. The maximum Gasteiger partial charge on any atom is 0.410 e. The number of amides is 1. The van der Waals surface area contributed by atoms with Crippen LogP contribution in [0.15, 0.2) is 28.7 Å². The number of aryl methyl sites for hydroxylation is 2. The topological polar surface area (TPSA) is 76.8 Å². The zero-order valence-electron chi connectivity index (χ0n) is 18.0. The Kier molecular flexibility index (Phi) is 6.21. The molecule has 0 aliphatic carbocycles. The Morgan fingerprint density at radius 3 is 2.52 bits per heavy atom. The van der Waals surface area contributed by atoms with Gasteiger partial charge in [0, 0.05) is 35.7 Å². The Bertz CT molecular complexity index is 1200. The van der Waals surface area contributed by atoms with Crippen molar-refractivity contribution in [2.45, 2.75) is 45.1 Å². The third kappa shape index (κ3) is 4.48. The predicted molar refractivity (Wildman–Crippen MR) is 121 cm³/mol. The summed E-state index contributed by atoms with van der Waals surface area (Å²) in [6, 6.07) is 4.41. The van der Waals surface area contributed by atoms with Gasteiger partial charge in [-0.25, -0.2) is 4.68 Å². The highest BCUT2D eigenvalue weighted by Gasteiger charge is 2.47. The number of nitrogens with zero attached hydrogens (tertiary/aromatic N) is 4. The summed E-state index contributed by atoms with van der Waals surface area (Å²) in [5.41, 5.74) is 2.86. The van der Waals surface area contributed by atoms with E-state index < -0.39 is 24.2 Å². The number of halogens is 5. The van der Waals surface area contributed by atoms with Crippen LogP contribution in [0.4, 0.5) is 19.0 Å². The molecule has 0 spiro atoms. The van der Waals surface area contributed by atoms with Gasteiger partial charge >= 0.3 is 6.18 Å². The number of rotatable bonds is 4. The standard InChI is InChI=1S/C21H21BrClF3N6O/c1-10-14(11(2)31(3)29-10)9-27-20(33)18-17(23)19-28-15(12-4-6-13(22)7-5-12)8-16(21(24,25)26)32(19)30-18/h4-7,15-16,28H,8-9H2,1-3H3,(H,27,33). The molecule has 0 fully saturated rings. The highest BCUT2D eigenvalue weighted by molar-refractivity contribution is 9.10. The number of hydrogen-bond donors (Lipinski definition) is 2. The monoisotopic (exact) mass is 544 g/mol. The molecule has 3 aromatic rings. The molecule has 3 heterocycles. The molecule has 1 amide bonds. The van der Waals surface area contributed by atoms with Gasteiger partial charge in [-0.3, -0.25) is 9.48 Å². The van der Waals surface area contributed by atoms with E-state index in [1.54, 1.807) is 36.0 Å². The van der Waals surface area contributed by atoms with E-state index in [1.165, 1.54) is 0 Å². The number of carbonyl (C=O) groups excluding carboxylic acids is 1. The van der Waals surface area contributed by atoms with Gasteiger partial charge < -0.3 is 10.6 Å². The minimum absolute atomic E-state index is 0.0305. The van der Waals surface area contributed by atoms with Crippen molar-refractivity contribution in [1.29, 1.82) is 0 Å². The molecular weight excluding hydrogens is 525 g/mol. The fraction of sp³-hybridized carbons (Fsp3) is 0.381. The molecule has 2 atom stereocenters. The fourth-order valence-corrected chi connectivity index (χ4v) is 4.50. The second kappa shape index (κ2) is 8.68. The number of alkyl halides is 3. The van der Waals surface area contributed by atoms with Gasteiger partial charge in [-0.05, 0) is 31.5 Å². The minimum atomic E-state index is -4.57. The average molecular weight is 546 g/mol. The van der Waals surface area contributed by atoms with Crippen LogP contribution < -0.4 is 10.6 Å². The Morgan fingerprint density at radius 2 is 1.94 bits per heavy atom. The normalized spacial score (nSPS) is 18.1. The molecular formula is C21H21BrClF3N6O. The first kappa shape index (κ1) is 23.6. The summed E-state index contributed by atoms with van der Waals surface area (Å²) in [6.45, 7) is 3.83. The van der Waals surface area contributed by atoms with Crippen LogP contribution in [0.25, 0.3) is 0 Å². The largest absolute Gasteiger partial charge is 0.410 e. The van der Waals surface area contributed by atoms with E-state index in [-0.39, 0.29) is 29.5 Å². The number of aromatic nitrogens is 4. The first-order chi connectivity index (χ1) is 15.5. The van der Waals surface area contributed by atoms with E-state index in [0.717, 1.165) is 26.1 Å². The van der Waals surface area contributed by atoms with Crippen molar-refractivity contribution in [3.05, 3.63) is 62.0 Å². The van der Waals surface area contributed by atoms with Gasteiger partial charge in [0.1, 0.15) is 10.8 Å². The molecule has 176 valence electrons. The van der Waals surface area contributed by atoms with E-state index in [0.29, 0.717) is 5.56 Å². The Hall–Kier alpha value is -2.53. The summed E-state index contributed by atoms with van der Waals surface area (Å²) >= 11 is 9.71. The van der Waals surface area contributed by atoms with Gasteiger partial charge in [-0.1, -0.05) is 39.7 Å². The lowest BCUT2D eigenvalue weighted by molar-refractivity contribution is -0.173. The van der Waals surface area contributed by atoms with Crippen molar-refractivity contribution in [3.8, 4) is 0 Å². The number of nitrogens with one attached hydrogen (secondary N) is 2. The summed E-state index contributed by atoms with van der Waals surface area (Å²) in [4.78, 5) is 12.8. The molecule has 1 aliphatic heterocycles. The van der Waals surface area contributed by atoms with Crippen LogP contribution in [0.3, 0.4) is 0 Å². The highest BCUT2D eigenvalue weighted by atomic mass is 79.9. The summed E-state index contributed by atoms with van der Waals surface area (Å²) in [5, 5.41) is 13.8. The van der Waals surface area contributed by atoms with Gasteiger partial charge in [0.05, 0.1) is 11.7 Å². The van der Waals surface area contributed by atoms with Crippen LogP contribution in [-0.2, 0) is 13.6 Å². The van der Waals surface area contributed by atoms with Crippen LogP contribution >= 0.6 is 27.5 Å². The summed E-state index contributed by atoms with van der Waals surface area (Å²) < 4.78 is 45.1. The third-order valence-electron chi connectivity index (χ3n) is 5.87. The molecule has 0 bridgehead atoms. The van der Waals surface area contributed by atoms with Crippen molar-refractivity contribution >= 4 is 39.3 Å². The third-order valence-corrected chi connectivity index (χ3v) is 6.75. The van der Waals surface area contributed by atoms with E-state index >= 15 is 0 Å².